The average Bonchev–Trinajstić information content (AvgIpc) is 3.27. The van der Waals surface area contributed by atoms with Gasteiger partial charge in [0, 0.05) is 6.54 Å². The van der Waals surface area contributed by atoms with Crippen LogP contribution in [0.1, 0.15) is 31.7 Å². The number of carbonyl (C=O) groups excluding carboxylic acids is 3. The lowest BCUT2D eigenvalue weighted by Gasteiger charge is -2.29. The molecule has 1 aliphatic heterocycles. The maximum Gasteiger partial charge on any atom is 0.328 e. The zero-order valence-electron chi connectivity index (χ0n) is 19.1. The highest BCUT2D eigenvalue weighted by Gasteiger charge is 2.40. The van der Waals surface area contributed by atoms with E-state index in [9.17, 15) is 44.4 Å². The second kappa shape index (κ2) is 12.1. The highest BCUT2D eigenvalue weighted by atomic mass is 16.4. The fraction of sp³-hybridized carbons (Fsp3) is 0.500. The van der Waals surface area contributed by atoms with Crippen LogP contribution in [0.15, 0.2) is 24.3 Å². The summed E-state index contributed by atoms with van der Waals surface area (Å²) in [6.45, 7) is 1.28. The van der Waals surface area contributed by atoms with Crippen molar-refractivity contribution in [1.29, 1.82) is 0 Å². The quantitative estimate of drug-likeness (QED) is 0.182. The van der Waals surface area contributed by atoms with Crippen molar-refractivity contribution >= 4 is 29.7 Å². The van der Waals surface area contributed by atoms with Crippen LogP contribution in [0.3, 0.4) is 0 Å². The first-order valence-corrected chi connectivity index (χ1v) is 11.0. The average molecular weight is 495 g/mol. The lowest BCUT2D eigenvalue weighted by atomic mass is 10.0. The Bertz CT molecular complexity index is 951. The van der Waals surface area contributed by atoms with Crippen LogP contribution >= 0.6 is 0 Å². The van der Waals surface area contributed by atoms with Gasteiger partial charge in [0.2, 0.25) is 17.7 Å². The number of hydrogen-bond donors (Lipinski definition) is 7. The number of aliphatic hydroxyl groups excluding tert-OH is 1. The fourth-order valence-corrected chi connectivity index (χ4v) is 3.77. The van der Waals surface area contributed by atoms with Gasteiger partial charge in [-0.05, 0) is 43.9 Å². The Morgan fingerprint density at radius 3 is 2.29 bits per heavy atom. The molecule has 0 aliphatic carbocycles. The zero-order valence-corrected chi connectivity index (χ0v) is 19.1. The standard InChI is InChI=1S/C22H30N4O9/c1-11(27)18(22(34)35)25-20(32)16-3-2-8-26(16)21(33)15(10-17(29)30)24-19(31)14(23)9-12-4-6-13(28)7-5-12/h4-7,11,14-16,18,27-28H,2-3,8-10,23H2,1H3,(H,24,31)(H,25,32)(H,29,30)(H,34,35). The van der Waals surface area contributed by atoms with E-state index in [0.29, 0.717) is 12.0 Å². The van der Waals surface area contributed by atoms with Gasteiger partial charge in [-0.3, -0.25) is 19.2 Å². The van der Waals surface area contributed by atoms with Gasteiger partial charge in [-0.2, -0.15) is 0 Å². The van der Waals surface area contributed by atoms with Crippen LogP contribution < -0.4 is 16.4 Å². The zero-order chi connectivity index (χ0) is 26.3. The van der Waals surface area contributed by atoms with Crippen LogP contribution in [-0.4, -0.2) is 91.8 Å². The summed E-state index contributed by atoms with van der Waals surface area (Å²) in [4.78, 5) is 62.1. The molecule has 8 N–H and O–H groups in total. The van der Waals surface area contributed by atoms with Crippen molar-refractivity contribution in [2.45, 2.75) is 62.9 Å². The van der Waals surface area contributed by atoms with Crippen molar-refractivity contribution in [3.63, 3.8) is 0 Å². The molecule has 5 unspecified atom stereocenters. The number of hydrogen-bond acceptors (Lipinski definition) is 8. The Kier molecular flexibility index (Phi) is 9.54. The van der Waals surface area contributed by atoms with Crippen molar-refractivity contribution in [3.8, 4) is 5.75 Å². The Morgan fingerprint density at radius 2 is 1.74 bits per heavy atom. The van der Waals surface area contributed by atoms with Crippen molar-refractivity contribution in [2.24, 2.45) is 5.73 Å². The molecule has 5 atom stereocenters. The normalized spacial score (nSPS) is 18.7. The van der Waals surface area contributed by atoms with E-state index in [1.807, 2.05) is 0 Å². The van der Waals surface area contributed by atoms with Gasteiger partial charge in [-0.25, -0.2) is 4.79 Å². The molecule has 1 aliphatic rings. The number of aromatic hydroxyl groups is 1. The van der Waals surface area contributed by atoms with Crippen LogP contribution in [0.4, 0.5) is 0 Å². The molecule has 0 bridgehead atoms. The minimum absolute atomic E-state index is 0.0335. The van der Waals surface area contributed by atoms with Gasteiger partial charge < -0.3 is 41.7 Å². The Morgan fingerprint density at radius 1 is 1.11 bits per heavy atom. The summed E-state index contributed by atoms with van der Waals surface area (Å²) in [6.07, 6.45) is -1.50. The molecule has 13 heteroatoms. The number of carboxylic acids is 2. The van der Waals surface area contributed by atoms with Crippen molar-refractivity contribution in [2.75, 3.05) is 6.54 Å². The van der Waals surface area contributed by atoms with Gasteiger partial charge in [-0.15, -0.1) is 0 Å². The molecule has 2 rings (SSSR count). The number of benzene rings is 1. The van der Waals surface area contributed by atoms with E-state index in [1.54, 1.807) is 12.1 Å². The van der Waals surface area contributed by atoms with Crippen LogP contribution in [0.2, 0.25) is 0 Å². The van der Waals surface area contributed by atoms with Crippen LogP contribution in [0, 0.1) is 0 Å². The maximum atomic E-state index is 13.1. The van der Waals surface area contributed by atoms with E-state index in [1.165, 1.54) is 19.1 Å². The molecular weight excluding hydrogens is 464 g/mol. The SMILES string of the molecule is CC(O)C(NC(=O)C1CCCN1C(=O)C(CC(=O)O)NC(=O)C(N)Cc1ccc(O)cc1)C(=O)O. The number of likely N-dealkylation sites (tertiary alicyclic amines) is 1. The molecule has 1 aromatic rings. The summed E-state index contributed by atoms with van der Waals surface area (Å²) in [5, 5.41) is 41.9. The van der Waals surface area contributed by atoms with Crippen LogP contribution in [-0.2, 0) is 30.4 Å². The molecule has 192 valence electrons. The van der Waals surface area contributed by atoms with Crippen molar-refractivity contribution in [3.05, 3.63) is 29.8 Å². The number of carbonyl (C=O) groups is 5. The molecule has 1 saturated heterocycles. The molecule has 0 saturated carbocycles. The Balaban J connectivity index is 2.11. The molecule has 1 heterocycles. The monoisotopic (exact) mass is 494 g/mol. The van der Waals surface area contributed by atoms with E-state index in [0.717, 1.165) is 4.90 Å². The van der Waals surface area contributed by atoms with Gasteiger partial charge >= 0.3 is 11.9 Å². The smallest absolute Gasteiger partial charge is 0.328 e. The summed E-state index contributed by atoms with van der Waals surface area (Å²) in [5.41, 5.74) is 6.55. The third kappa shape index (κ3) is 7.65. The number of phenols is 1. The van der Waals surface area contributed by atoms with Gasteiger partial charge in [0.25, 0.3) is 0 Å². The van der Waals surface area contributed by atoms with Crippen LogP contribution in [0.25, 0.3) is 0 Å². The summed E-state index contributed by atoms with van der Waals surface area (Å²) in [6, 6.07) is 0.647. The molecule has 1 fully saturated rings. The summed E-state index contributed by atoms with van der Waals surface area (Å²) in [7, 11) is 0. The summed E-state index contributed by atoms with van der Waals surface area (Å²) >= 11 is 0. The number of amides is 3. The molecule has 13 nitrogen and oxygen atoms in total. The first kappa shape index (κ1) is 27.5. The second-order valence-corrected chi connectivity index (χ2v) is 8.39. The summed E-state index contributed by atoms with van der Waals surface area (Å²) < 4.78 is 0. The van der Waals surface area contributed by atoms with Crippen LogP contribution in [0.5, 0.6) is 5.75 Å². The van der Waals surface area contributed by atoms with Gasteiger partial charge in [0.05, 0.1) is 18.6 Å². The van der Waals surface area contributed by atoms with Gasteiger partial charge in [0.15, 0.2) is 6.04 Å². The first-order valence-electron chi connectivity index (χ1n) is 11.0. The predicted octanol–water partition coefficient (Wildman–Crippen LogP) is -1.84. The topological polar surface area (TPSA) is 220 Å². The first-order chi connectivity index (χ1) is 16.4. The predicted molar refractivity (Wildman–Crippen MR) is 120 cm³/mol. The number of phenolic OH excluding ortho intramolecular Hbond substituents is 1. The van der Waals surface area contributed by atoms with E-state index in [4.69, 9.17) is 5.73 Å². The molecule has 1 aromatic carbocycles. The van der Waals surface area contributed by atoms with Gasteiger partial charge in [0.1, 0.15) is 17.8 Å². The third-order valence-corrected chi connectivity index (χ3v) is 5.61. The minimum atomic E-state index is -1.59. The molecule has 35 heavy (non-hydrogen) atoms. The lowest BCUT2D eigenvalue weighted by Crippen LogP contribution is -2.58. The van der Waals surface area contributed by atoms with Crippen molar-refractivity contribution < 1.29 is 44.4 Å². The lowest BCUT2D eigenvalue weighted by molar-refractivity contribution is -0.148. The van der Waals surface area contributed by atoms with E-state index in [-0.39, 0.29) is 25.1 Å². The molecule has 0 aromatic heterocycles. The van der Waals surface area contributed by atoms with Crippen molar-refractivity contribution in [1.82, 2.24) is 15.5 Å². The number of carboxylic acid groups (broad SMARTS) is 2. The number of nitrogens with one attached hydrogen (secondary N) is 2. The molecule has 3 amide bonds. The highest BCUT2D eigenvalue weighted by Crippen LogP contribution is 2.20. The summed E-state index contributed by atoms with van der Waals surface area (Å²) in [5.74, 6) is -5.20. The fourth-order valence-electron chi connectivity index (χ4n) is 3.77. The maximum absolute atomic E-state index is 13.1. The highest BCUT2D eigenvalue weighted by molar-refractivity contribution is 5.96. The Hall–Kier alpha value is -3.71. The van der Waals surface area contributed by atoms with E-state index < -0.39 is 66.4 Å². The molecule has 0 spiro atoms. The minimum Gasteiger partial charge on any atom is -0.508 e. The number of nitrogens with zero attached hydrogens (tertiary/aromatic N) is 1. The van der Waals surface area contributed by atoms with E-state index >= 15 is 0 Å². The number of aliphatic hydroxyl groups is 1. The van der Waals surface area contributed by atoms with Gasteiger partial charge in [-0.1, -0.05) is 12.1 Å². The second-order valence-electron chi connectivity index (χ2n) is 8.39. The number of nitrogens with two attached hydrogens (primary N) is 1. The third-order valence-electron chi connectivity index (χ3n) is 5.61. The van der Waals surface area contributed by atoms with E-state index in [2.05, 4.69) is 10.6 Å². The molecular formula is C22H30N4O9. The molecule has 0 radical (unpaired) electrons. The number of rotatable bonds is 11. The Labute approximate surface area is 200 Å². The largest absolute Gasteiger partial charge is 0.508 e. The number of aliphatic carboxylic acids is 2.